The molecule has 1 aromatic rings. The first-order valence-corrected chi connectivity index (χ1v) is 6.34. The Morgan fingerprint density at radius 2 is 2.40 bits per heavy atom. The van der Waals surface area contributed by atoms with Crippen LogP contribution in [0.2, 0.25) is 0 Å². The van der Waals surface area contributed by atoms with Gasteiger partial charge in [0, 0.05) is 18.4 Å². The van der Waals surface area contributed by atoms with Gasteiger partial charge in [-0.15, -0.1) is 0 Å². The summed E-state index contributed by atoms with van der Waals surface area (Å²) in [6, 6.07) is 3.23. The fourth-order valence-corrected chi connectivity index (χ4v) is 2.48. The molecule has 1 aliphatic heterocycles. The molecule has 0 bridgehead atoms. The Kier molecular flexibility index (Phi) is 3.57. The molecule has 0 amide bonds. The summed E-state index contributed by atoms with van der Waals surface area (Å²) in [4.78, 5) is 6.34. The van der Waals surface area contributed by atoms with Crippen molar-refractivity contribution in [2.45, 2.75) is 12.8 Å². The highest BCUT2D eigenvalue weighted by Gasteiger charge is 2.19. The fourth-order valence-electron chi connectivity index (χ4n) is 1.95. The normalized spacial score (nSPS) is 21.7. The van der Waals surface area contributed by atoms with Crippen molar-refractivity contribution in [3.63, 3.8) is 0 Å². The Bertz CT molecular complexity index is 315. The van der Waals surface area contributed by atoms with Crippen LogP contribution >= 0.6 is 15.9 Å². The molecule has 0 spiro atoms. The van der Waals surface area contributed by atoms with Gasteiger partial charge in [-0.05, 0) is 30.9 Å². The maximum absolute atomic E-state index is 12.7. The topological polar surface area (TPSA) is 16.1 Å². The average Bonchev–Trinajstić information content (AvgIpc) is 2.30. The largest absolute Gasteiger partial charge is 0.356 e. The average molecular weight is 273 g/mol. The van der Waals surface area contributed by atoms with Crippen molar-refractivity contribution in [3.8, 4) is 0 Å². The van der Waals surface area contributed by atoms with Gasteiger partial charge in [-0.2, -0.15) is 0 Å². The van der Waals surface area contributed by atoms with Crippen LogP contribution in [-0.2, 0) is 0 Å². The molecule has 2 rings (SSSR count). The summed E-state index contributed by atoms with van der Waals surface area (Å²) in [5.74, 6) is 1.31. The van der Waals surface area contributed by atoms with E-state index in [1.807, 2.05) is 0 Å². The minimum absolute atomic E-state index is 0.271. The van der Waals surface area contributed by atoms with Crippen molar-refractivity contribution in [2.75, 3.05) is 23.3 Å². The smallest absolute Gasteiger partial charge is 0.141 e. The third kappa shape index (κ3) is 2.68. The van der Waals surface area contributed by atoms with Gasteiger partial charge < -0.3 is 4.90 Å². The summed E-state index contributed by atoms with van der Waals surface area (Å²) < 4.78 is 12.7. The number of hydrogen-bond donors (Lipinski definition) is 0. The standard InChI is InChI=1S/C11H14BrFN2/c12-6-9-2-1-5-15(8-9)11-4-3-10(13)7-14-11/h3-4,7,9H,1-2,5-6,8H2. The van der Waals surface area contributed by atoms with E-state index in [-0.39, 0.29) is 5.82 Å². The van der Waals surface area contributed by atoms with Crippen molar-refractivity contribution in [1.82, 2.24) is 4.98 Å². The van der Waals surface area contributed by atoms with Crippen molar-refractivity contribution in [1.29, 1.82) is 0 Å². The van der Waals surface area contributed by atoms with Gasteiger partial charge in [-0.3, -0.25) is 0 Å². The predicted octanol–water partition coefficient (Wildman–Crippen LogP) is 2.83. The van der Waals surface area contributed by atoms with Crippen LogP contribution in [0.4, 0.5) is 10.2 Å². The van der Waals surface area contributed by atoms with Crippen LogP contribution in [0.3, 0.4) is 0 Å². The summed E-state index contributed by atoms with van der Waals surface area (Å²) in [5, 5.41) is 1.03. The van der Waals surface area contributed by atoms with Gasteiger partial charge in [0.1, 0.15) is 11.6 Å². The zero-order valence-corrected chi connectivity index (χ0v) is 10.1. The number of alkyl halides is 1. The zero-order chi connectivity index (χ0) is 10.7. The summed E-state index contributed by atoms with van der Waals surface area (Å²) >= 11 is 3.52. The fraction of sp³-hybridized carbons (Fsp3) is 0.545. The number of pyridine rings is 1. The Labute approximate surface area is 97.6 Å². The van der Waals surface area contributed by atoms with Gasteiger partial charge >= 0.3 is 0 Å². The van der Waals surface area contributed by atoms with Crippen LogP contribution in [0.1, 0.15) is 12.8 Å². The van der Waals surface area contributed by atoms with Crippen LogP contribution in [0.25, 0.3) is 0 Å². The number of aromatic nitrogens is 1. The van der Waals surface area contributed by atoms with E-state index in [9.17, 15) is 4.39 Å². The lowest BCUT2D eigenvalue weighted by Crippen LogP contribution is -2.36. The van der Waals surface area contributed by atoms with E-state index in [1.54, 1.807) is 6.07 Å². The second kappa shape index (κ2) is 4.92. The minimum atomic E-state index is -0.271. The molecular formula is C11H14BrFN2. The summed E-state index contributed by atoms with van der Waals surface area (Å²) in [5.41, 5.74) is 0. The molecule has 15 heavy (non-hydrogen) atoms. The molecule has 1 aromatic heterocycles. The number of hydrogen-bond acceptors (Lipinski definition) is 2. The maximum Gasteiger partial charge on any atom is 0.141 e. The molecule has 1 aliphatic rings. The van der Waals surface area contributed by atoms with E-state index in [0.29, 0.717) is 5.92 Å². The molecule has 4 heteroatoms. The van der Waals surface area contributed by atoms with Crippen LogP contribution in [0.5, 0.6) is 0 Å². The predicted molar refractivity (Wildman–Crippen MR) is 62.9 cm³/mol. The third-order valence-corrected chi connectivity index (χ3v) is 3.69. The van der Waals surface area contributed by atoms with Crippen molar-refractivity contribution in [2.24, 2.45) is 5.92 Å². The lowest BCUT2D eigenvalue weighted by Gasteiger charge is -2.32. The second-order valence-corrected chi connectivity index (χ2v) is 4.59. The number of rotatable bonds is 2. The lowest BCUT2D eigenvalue weighted by molar-refractivity contribution is 0.452. The molecule has 2 nitrogen and oxygen atoms in total. The number of halogens is 2. The molecule has 1 fully saturated rings. The van der Waals surface area contributed by atoms with Gasteiger partial charge in [0.05, 0.1) is 6.20 Å². The number of piperidine rings is 1. The minimum Gasteiger partial charge on any atom is -0.356 e. The first-order chi connectivity index (χ1) is 7.29. The molecule has 0 aromatic carbocycles. The quantitative estimate of drug-likeness (QED) is 0.770. The van der Waals surface area contributed by atoms with E-state index in [2.05, 4.69) is 25.8 Å². The maximum atomic E-state index is 12.7. The molecule has 0 aliphatic carbocycles. The monoisotopic (exact) mass is 272 g/mol. The van der Waals surface area contributed by atoms with E-state index in [4.69, 9.17) is 0 Å². The number of nitrogens with zero attached hydrogens (tertiary/aromatic N) is 2. The Morgan fingerprint density at radius 1 is 1.53 bits per heavy atom. The highest BCUT2D eigenvalue weighted by molar-refractivity contribution is 9.09. The van der Waals surface area contributed by atoms with Crippen molar-refractivity contribution >= 4 is 21.7 Å². The lowest BCUT2D eigenvalue weighted by atomic mass is 10.0. The zero-order valence-electron chi connectivity index (χ0n) is 8.50. The van der Waals surface area contributed by atoms with Gasteiger partial charge in [-0.25, -0.2) is 9.37 Å². The first kappa shape index (κ1) is 10.9. The van der Waals surface area contributed by atoms with Gasteiger partial charge in [0.25, 0.3) is 0 Å². The van der Waals surface area contributed by atoms with Crippen molar-refractivity contribution in [3.05, 3.63) is 24.1 Å². The Morgan fingerprint density at radius 3 is 3.07 bits per heavy atom. The molecule has 0 radical (unpaired) electrons. The highest BCUT2D eigenvalue weighted by atomic mass is 79.9. The van der Waals surface area contributed by atoms with Crippen LogP contribution < -0.4 is 4.90 Å². The van der Waals surface area contributed by atoms with Crippen LogP contribution in [0, 0.1) is 11.7 Å². The summed E-state index contributed by atoms with van der Waals surface area (Å²) in [6.45, 7) is 2.05. The van der Waals surface area contributed by atoms with E-state index in [0.717, 1.165) is 24.2 Å². The van der Waals surface area contributed by atoms with E-state index < -0.39 is 0 Å². The molecule has 0 N–H and O–H groups in total. The Balaban J connectivity index is 2.06. The SMILES string of the molecule is Fc1ccc(N2CCCC(CBr)C2)nc1. The van der Waals surface area contributed by atoms with Crippen LogP contribution in [-0.4, -0.2) is 23.4 Å². The molecular weight excluding hydrogens is 259 g/mol. The second-order valence-electron chi connectivity index (χ2n) is 3.94. The van der Waals surface area contributed by atoms with E-state index in [1.165, 1.54) is 25.1 Å². The molecule has 0 saturated carbocycles. The molecule has 82 valence electrons. The summed E-state index contributed by atoms with van der Waals surface area (Å²) in [7, 11) is 0. The highest BCUT2D eigenvalue weighted by Crippen LogP contribution is 2.22. The van der Waals surface area contributed by atoms with Gasteiger partial charge in [0.2, 0.25) is 0 Å². The van der Waals surface area contributed by atoms with Crippen molar-refractivity contribution < 1.29 is 4.39 Å². The van der Waals surface area contributed by atoms with Gasteiger partial charge in [0.15, 0.2) is 0 Å². The Hall–Kier alpha value is -0.640. The molecule has 1 unspecified atom stereocenters. The van der Waals surface area contributed by atoms with E-state index >= 15 is 0 Å². The molecule has 1 saturated heterocycles. The summed E-state index contributed by atoms with van der Waals surface area (Å²) in [6.07, 6.45) is 3.74. The van der Waals surface area contributed by atoms with Crippen LogP contribution in [0.15, 0.2) is 18.3 Å². The van der Waals surface area contributed by atoms with Gasteiger partial charge in [-0.1, -0.05) is 15.9 Å². The number of anilines is 1. The third-order valence-electron chi connectivity index (χ3n) is 2.77. The first-order valence-electron chi connectivity index (χ1n) is 5.22. The molecule has 1 atom stereocenters. The molecule has 2 heterocycles.